The molecule has 0 saturated carbocycles. The molecule has 0 bridgehead atoms. The second-order valence-electron chi connectivity index (χ2n) is 6.76. The van der Waals surface area contributed by atoms with E-state index in [1.165, 1.54) is 5.56 Å². The molecule has 1 unspecified atom stereocenters. The molecule has 2 aromatic rings. The summed E-state index contributed by atoms with van der Waals surface area (Å²) in [5.41, 5.74) is 1.93. The Labute approximate surface area is 149 Å². The van der Waals surface area contributed by atoms with E-state index in [1.807, 2.05) is 30.3 Å². The first kappa shape index (κ1) is 17.4. The fourth-order valence-corrected chi connectivity index (χ4v) is 3.07. The fraction of sp³-hybridized carbons (Fsp3) is 0.400. The number of pyridine rings is 1. The highest BCUT2D eigenvalue weighted by atomic mass is 16.1. The minimum atomic E-state index is 0.0190. The third-order valence-corrected chi connectivity index (χ3v) is 4.72. The van der Waals surface area contributed by atoms with Gasteiger partial charge < -0.3 is 15.1 Å². The molecule has 1 aromatic carbocycles. The highest BCUT2D eigenvalue weighted by Gasteiger charge is 2.15. The lowest BCUT2D eigenvalue weighted by Gasteiger charge is -2.33. The van der Waals surface area contributed by atoms with E-state index >= 15 is 0 Å². The standard InChI is InChI=1S/C20H26N4O/c1-16(17-6-4-3-5-7-17)14-20(25)22-18-8-9-19(21-15-18)24-12-10-23(2)11-13-24/h3-9,15-16H,10-14H2,1-2H3,(H,22,25). The Morgan fingerprint density at radius 2 is 1.84 bits per heavy atom. The molecule has 1 fully saturated rings. The van der Waals surface area contributed by atoms with Crippen molar-refractivity contribution in [3.63, 3.8) is 0 Å². The van der Waals surface area contributed by atoms with Crippen molar-refractivity contribution in [1.82, 2.24) is 9.88 Å². The van der Waals surface area contributed by atoms with Crippen LogP contribution in [0.2, 0.25) is 0 Å². The molecule has 1 atom stereocenters. The zero-order valence-electron chi connectivity index (χ0n) is 15.0. The number of anilines is 2. The van der Waals surface area contributed by atoms with E-state index in [-0.39, 0.29) is 11.8 Å². The predicted octanol–water partition coefficient (Wildman–Crippen LogP) is 2.97. The molecule has 3 rings (SSSR count). The topological polar surface area (TPSA) is 48.5 Å². The van der Waals surface area contributed by atoms with E-state index in [0.717, 1.165) is 37.7 Å². The van der Waals surface area contributed by atoms with Gasteiger partial charge in [0, 0.05) is 32.6 Å². The first-order valence-electron chi connectivity index (χ1n) is 8.86. The van der Waals surface area contributed by atoms with Crippen molar-refractivity contribution in [2.24, 2.45) is 0 Å². The molecule has 1 aliphatic rings. The average Bonchev–Trinajstić information content (AvgIpc) is 2.64. The Balaban J connectivity index is 1.53. The van der Waals surface area contributed by atoms with Gasteiger partial charge in [-0.05, 0) is 30.7 Å². The van der Waals surface area contributed by atoms with Crippen LogP contribution in [-0.2, 0) is 4.79 Å². The Hall–Kier alpha value is -2.40. The van der Waals surface area contributed by atoms with Gasteiger partial charge in [-0.25, -0.2) is 4.98 Å². The van der Waals surface area contributed by atoms with Crippen LogP contribution in [0.25, 0.3) is 0 Å². The molecule has 132 valence electrons. The quantitative estimate of drug-likeness (QED) is 0.910. The summed E-state index contributed by atoms with van der Waals surface area (Å²) in [7, 11) is 2.14. The van der Waals surface area contributed by atoms with Gasteiger partial charge in [0.25, 0.3) is 0 Å². The summed E-state index contributed by atoms with van der Waals surface area (Å²) < 4.78 is 0. The second-order valence-corrected chi connectivity index (χ2v) is 6.76. The predicted molar refractivity (Wildman–Crippen MR) is 102 cm³/mol. The third-order valence-electron chi connectivity index (χ3n) is 4.72. The van der Waals surface area contributed by atoms with Crippen molar-refractivity contribution in [3.05, 3.63) is 54.2 Å². The number of benzene rings is 1. The molecule has 0 spiro atoms. The Bertz CT molecular complexity index is 679. The number of nitrogens with zero attached hydrogens (tertiary/aromatic N) is 3. The van der Waals surface area contributed by atoms with Crippen LogP contribution in [0.3, 0.4) is 0 Å². The largest absolute Gasteiger partial charge is 0.354 e. The summed E-state index contributed by atoms with van der Waals surface area (Å²) in [5.74, 6) is 1.19. The summed E-state index contributed by atoms with van der Waals surface area (Å²) in [5, 5.41) is 2.95. The van der Waals surface area contributed by atoms with Crippen molar-refractivity contribution in [1.29, 1.82) is 0 Å². The molecule has 1 saturated heterocycles. The lowest BCUT2D eigenvalue weighted by Crippen LogP contribution is -2.44. The van der Waals surface area contributed by atoms with Gasteiger partial charge in [-0.2, -0.15) is 0 Å². The van der Waals surface area contributed by atoms with Crippen LogP contribution in [0.1, 0.15) is 24.8 Å². The minimum absolute atomic E-state index is 0.0190. The van der Waals surface area contributed by atoms with Crippen molar-refractivity contribution < 1.29 is 4.79 Å². The summed E-state index contributed by atoms with van der Waals surface area (Å²) >= 11 is 0. The first-order valence-corrected chi connectivity index (χ1v) is 8.86. The maximum Gasteiger partial charge on any atom is 0.225 e. The van der Waals surface area contributed by atoms with Gasteiger partial charge in [0.15, 0.2) is 0 Å². The number of hydrogen-bond donors (Lipinski definition) is 1. The van der Waals surface area contributed by atoms with Gasteiger partial charge >= 0.3 is 0 Å². The van der Waals surface area contributed by atoms with Crippen LogP contribution < -0.4 is 10.2 Å². The molecule has 1 aromatic heterocycles. The molecule has 2 heterocycles. The molecule has 5 heteroatoms. The van der Waals surface area contributed by atoms with Crippen LogP contribution in [0.4, 0.5) is 11.5 Å². The summed E-state index contributed by atoms with van der Waals surface area (Å²) in [6.45, 7) is 6.16. The van der Waals surface area contributed by atoms with Crippen LogP contribution in [0.5, 0.6) is 0 Å². The lowest BCUT2D eigenvalue weighted by molar-refractivity contribution is -0.116. The maximum absolute atomic E-state index is 12.3. The molecule has 0 aliphatic carbocycles. The zero-order valence-corrected chi connectivity index (χ0v) is 15.0. The summed E-state index contributed by atoms with van der Waals surface area (Å²) in [4.78, 5) is 21.4. The zero-order chi connectivity index (χ0) is 17.6. The van der Waals surface area contributed by atoms with E-state index < -0.39 is 0 Å². The number of nitrogens with one attached hydrogen (secondary N) is 1. The Morgan fingerprint density at radius 3 is 2.48 bits per heavy atom. The molecule has 1 amide bonds. The van der Waals surface area contributed by atoms with Crippen molar-refractivity contribution in [2.75, 3.05) is 43.4 Å². The first-order chi connectivity index (χ1) is 12.1. The number of hydrogen-bond acceptors (Lipinski definition) is 4. The normalized spacial score (nSPS) is 16.5. The monoisotopic (exact) mass is 338 g/mol. The maximum atomic E-state index is 12.3. The minimum Gasteiger partial charge on any atom is -0.354 e. The Morgan fingerprint density at radius 1 is 1.12 bits per heavy atom. The number of rotatable bonds is 5. The van der Waals surface area contributed by atoms with Gasteiger partial charge in [0.05, 0.1) is 11.9 Å². The van der Waals surface area contributed by atoms with E-state index in [1.54, 1.807) is 6.20 Å². The molecule has 5 nitrogen and oxygen atoms in total. The summed E-state index contributed by atoms with van der Waals surface area (Å²) in [6, 6.07) is 14.0. The SMILES string of the molecule is CC(CC(=O)Nc1ccc(N2CCN(C)CC2)nc1)c1ccccc1. The molecule has 1 aliphatic heterocycles. The number of carbonyl (C=O) groups excluding carboxylic acids is 1. The smallest absolute Gasteiger partial charge is 0.225 e. The second kappa shape index (κ2) is 8.12. The van der Waals surface area contributed by atoms with E-state index in [2.05, 4.69) is 46.2 Å². The van der Waals surface area contributed by atoms with Gasteiger partial charge in [-0.1, -0.05) is 37.3 Å². The van der Waals surface area contributed by atoms with Crippen molar-refractivity contribution in [3.8, 4) is 0 Å². The number of piperazine rings is 1. The highest BCUT2D eigenvalue weighted by Crippen LogP contribution is 2.20. The van der Waals surface area contributed by atoms with Gasteiger partial charge in [-0.3, -0.25) is 4.79 Å². The number of aromatic nitrogens is 1. The highest BCUT2D eigenvalue weighted by molar-refractivity contribution is 5.91. The lowest BCUT2D eigenvalue weighted by atomic mass is 9.97. The Kier molecular flexibility index (Phi) is 5.66. The van der Waals surface area contributed by atoms with E-state index in [9.17, 15) is 4.79 Å². The molecule has 0 radical (unpaired) electrons. The number of amides is 1. The number of likely N-dealkylation sites (N-methyl/N-ethyl adjacent to an activating group) is 1. The molecular weight excluding hydrogens is 312 g/mol. The molecular formula is C20H26N4O. The third kappa shape index (κ3) is 4.79. The van der Waals surface area contributed by atoms with Gasteiger partial charge in [0.1, 0.15) is 5.82 Å². The fourth-order valence-electron chi connectivity index (χ4n) is 3.07. The van der Waals surface area contributed by atoms with Crippen LogP contribution in [-0.4, -0.2) is 49.0 Å². The van der Waals surface area contributed by atoms with E-state index in [0.29, 0.717) is 6.42 Å². The number of carbonyl (C=O) groups is 1. The molecule has 25 heavy (non-hydrogen) atoms. The average molecular weight is 338 g/mol. The molecule has 1 N–H and O–H groups in total. The summed E-state index contributed by atoms with van der Waals surface area (Å²) in [6.07, 6.45) is 2.21. The van der Waals surface area contributed by atoms with Crippen LogP contribution in [0, 0.1) is 0 Å². The van der Waals surface area contributed by atoms with Gasteiger partial charge in [0.2, 0.25) is 5.91 Å². The van der Waals surface area contributed by atoms with Gasteiger partial charge in [-0.15, -0.1) is 0 Å². The van der Waals surface area contributed by atoms with Crippen molar-refractivity contribution in [2.45, 2.75) is 19.3 Å². The van der Waals surface area contributed by atoms with Crippen molar-refractivity contribution >= 4 is 17.4 Å². The van der Waals surface area contributed by atoms with Crippen LogP contribution >= 0.6 is 0 Å². The van der Waals surface area contributed by atoms with Crippen LogP contribution in [0.15, 0.2) is 48.7 Å². The van der Waals surface area contributed by atoms with E-state index in [4.69, 9.17) is 0 Å².